The highest BCUT2D eigenvalue weighted by Gasteiger charge is 2.16. The molecule has 2 heterocycles. The van der Waals surface area contributed by atoms with Gasteiger partial charge in [0.05, 0.1) is 5.56 Å². The Hall–Kier alpha value is -1.13. The van der Waals surface area contributed by atoms with Gasteiger partial charge in [-0.25, -0.2) is 4.98 Å². The Bertz CT molecular complexity index is 377. The minimum absolute atomic E-state index is 0.148. The van der Waals surface area contributed by atoms with E-state index in [-0.39, 0.29) is 11.1 Å². The van der Waals surface area contributed by atoms with Gasteiger partial charge in [0.15, 0.2) is 0 Å². The molecule has 0 aliphatic carbocycles. The zero-order valence-electron chi connectivity index (χ0n) is 8.87. The van der Waals surface area contributed by atoms with Gasteiger partial charge in [0.1, 0.15) is 5.15 Å². The second-order valence-electron chi connectivity index (χ2n) is 3.91. The highest BCUT2D eigenvalue weighted by molar-refractivity contribution is 6.32. The van der Waals surface area contributed by atoms with Crippen molar-refractivity contribution in [2.45, 2.75) is 6.42 Å². The first kappa shape index (κ1) is 11.4. The Kier molecular flexibility index (Phi) is 3.74. The summed E-state index contributed by atoms with van der Waals surface area (Å²) in [6.45, 7) is 2.70. The van der Waals surface area contributed by atoms with Crippen molar-refractivity contribution in [3.8, 4) is 0 Å². The van der Waals surface area contributed by atoms with Crippen LogP contribution >= 0.6 is 11.6 Å². The molecule has 0 unspecified atom stereocenters. The second-order valence-corrected chi connectivity index (χ2v) is 4.27. The number of hydrogen-bond donors (Lipinski definition) is 2. The lowest BCUT2D eigenvalue weighted by Crippen LogP contribution is -2.30. The van der Waals surface area contributed by atoms with E-state index in [4.69, 9.17) is 11.6 Å². The minimum atomic E-state index is -0.148. The number of halogens is 1. The quantitative estimate of drug-likeness (QED) is 0.776. The molecule has 2 rings (SSSR count). The largest absolute Gasteiger partial charge is 0.352 e. The summed E-state index contributed by atoms with van der Waals surface area (Å²) in [6, 6.07) is 3.38. The normalized spacial score (nSPS) is 19.7. The van der Waals surface area contributed by atoms with E-state index in [9.17, 15) is 4.79 Å². The Morgan fingerprint density at radius 3 is 3.25 bits per heavy atom. The van der Waals surface area contributed by atoms with Crippen LogP contribution in [0.15, 0.2) is 18.3 Å². The lowest BCUT2D eigenvalue weighted by atomic mass is 10.1. The minimum Gasteiger partial charge on any atom is -0.352 e. The van der Waals surface area contributed by atoms with Crippen molar-refractivity contribution in [1.29, 1.82) is 0 Å². The van der Waals surface area contributed by atoms with E-state index in [0.717, 1.165) is 19.5 Å². The maximum atomic E-state index is 11.8. The molecule has 16 heavy (non-hydrogen) atoms. The van der Waals surface area contributed by atoms with Crippen LogP contribution in [0.2, 0.25) is 5.15 Å². The van der Waals surface area contributed by atoms with Crippen LogP contribution in [0.4, 0.5) is 0 Å². The average molecular weight is 240 g/mol. The summed E-state index contributed by atoms with van der Waals surface area (Å²) >= 11 is 5.83. The molecule has 2 N–H and O–H groups in total. The van der Waals surface area contributed by atoms with E-state index < -0.39 is 0 Å². The molecule has 1 fully saturated rings. The molecular weight excluding hydrogens is 226 g/mol. The molecule has 4 nitrogen and oxygen atoms in total. The molecule has 0 saturated carbocycles. The molecular formula is C11H14ClN3O. The van der Waals surface area contributed by atoms with Crippen LogP contribution in [0, 0.1) is 5.92 Å². The summed E-state index contributed by atoms with van der Waals surface area (Å²) in [5.41, 5.74) is 0.440. The fourth-order valence-electron chi connectivity index (χ4n) is 1.78. The monoisotopic (exact) mass is 239 g/mol. The molecule has 86 valence electrons. The average Bonchev–Trinajstić information content (AvgIpc) is 2.79. The Balaban J connectivity index is 1.90. The number of carbonyl (C=O) groups excluding carboxylic acids is 1. The number of rotatable bonds is 3. The van der Waals surface area contributed by atoms with Gasteiger partial charge in [0, 0.05) is 12.7 Å². The Morgan fingerprint density at radius 1 is 1.69 bits per heavy atom. The standard InChI is InChI=1S/C11H14ClN3O/c12-10-9(2-1-4-14-10)11(16)15-7-8-3-5-13-6-8/h1-2,4,8,13H,3,5-7H2,(H,15,16)/t8-/m0/s1. The smallest absolute Gasteiger partial charge is 0.254 e. The number of amides is 1. The maximum absolute atomic E-state index is 11.8. The molecule has 0 spiro atoms. The third-order valence-corrected chi connectivity index (χ3v) is 3.02. The van der Waals surface area contributed by atoms with Crippen LogP contribution in [0.5, 0.6) is 0 Å². The van der Waals surface area contributed by atoms with Crippen LogP contribution < -0.4 is 10.6 Å². The molecule has 0 bridgehead atoms. The van der Waals surface area contributed by atoms with E-state index in [0.29, 0.717) is 18.0 Å². The van der Waals surface area contributed by atoms with E-state index in [2.05, 4.69) is 15.6 Å². The van der Waals surface area contributed by atoms with Crippen molar-refractivity contribution in [1.82, 2.24) is 15.6 Å². The lowest BCUT2D eigenvalue weighted by molar-refractivity contribution is 0.0948. The summed E-state index contributed by atoms with van der Waals surface area (Å²) in [5.74, 6) is 0.379. The molecule has 0 radical (unpaired) electrons. The molecule has 1 aliphatic heterocycles. The maximum Gasteiger partial charge on any atom is 0.254 e. The third-order valence-electron chi connectivity index (χ3n) is 2.72. The van der Waals surface area contributed by atoms with E-state index in [1.165, 1.54) is 0 Å². The summed E-state index contributed by atoms with van der Waals surface area (Å²) < 4.78 is 0. The number of aromatic nitrogens is 1. The lowest BCUT2D eigenvalue weighted by Gasteiger charge is -2.10. The first-order valence-corrected chi connectivity index (χ1v) is 5.74. The van der Waals surface area contributed by atoms with Gasteiger partial charge in [-0.15, -0.1) is 0 Å². The number of pyridine rings is 1. The van der Waals surface area contributed by atoms with Gasteiger partial charge < -0.3 is 10.6 Å². The van der Waals surface area contributed by atoms with Crippen LogP contribution in [-0.2, 0) is 0 Å². The fraction of sp³-hybridized carbons (Fsp3) is 0.455. The van der Waals surface area contributed by atoms with Crippen molar-refractivity contribution in [2.75, 3.05) is 19.6 Å². The summed E-state index contributed by atoms with van der Waals surface area (Å²) in [5, 5.41) is 6.39. The number of carbonyl (C=O) groups is 1. The first-order valence-electron chi connectivity index (χ1n) is 5.37. The summed E-state index contributed by atoms with van der Waals surface area (Å²) in [4.78, 5) is 15.6. The molecule has 1 atom stereocenters. The zero-order chi connectivity index (χ0) is 11.4. The summed E-state index contributed by atoms with van der Waals surface area (Å²) in [7, 11) is 0. The van der Waals surface area contributed by atoms with Crippen LogP contribution in [0.25, 0.3) is 0 Å². The first-order chi connectivity index (χ1) is 7.77. The number of nitrogens with one attached hydrogen (secondary N) is 2. The molecule has 1 aromatic rings. The van der Waals surface area contributed by atoms with Gasteiger partial charge in [0.25, 0.3) is 5.91 Å². The summed E-state index contributed by atoms with van der Waals surface area (Å²) in [6.07, 6.45) is 2.68. The Morgan fingerprint density at radius 2 is 2.56 bits per heavy atom. The van der Waals surface area contributed by atoms with Gasteiger partial charge in [0.2, 0.25) is 0 Å². The van der Waals surface area contributed by atoms with Crippen LogP contribution in [0.1, 0.15) is 16.8 Å². The molecule has 0 aromatic carbocycles. The van der Waals surface area contributed by atoms with Crippen LogP contribution in [0.3, 0.4) is 0 Å². The molecule has 1 aromatic heterocycles. The second kappa shape index (κ2) is 5.27. The zero-order valence-corrected chi connectivity index (χ0v) is 9.63. The molecule has 1 amide bonds. The fourth-order valence-corrected chi connectivity index (χ4v) is 1.98. The van der Waals surface area contributed by atoms with Gasteiger partial charge >= 0.3 is 0 Å². The van der Waals surface area contributed by atoms with Crippen molar-refractivity contribution in [3.63, 3.8) is 0 Å². The van der Waals surface area contributed by atoms with E-state index in [1.54, 1.807) is 18.3 Å². The topological polar surface area (TPSA) is 54.0 Å². The van der Waals surface area contributed by atoms with Crippen molar-refractivity contribution in [3.05, 3.63) is 29.0 Å². The van der Waals surface area contributed by atoms with Gasteiger partial charge in [-0.05, 0) is 37.6 Å². The van der Waals surface area contributed by atoms with Crippen molar-refractivity contribution < 1.29 is 4.79 Å². The number of nitrogens with zero attached hydrogens (tertiary/aromatic N) is 1. The number of hydrogen-bond acceptors (Lipinski definition) is 3. The predicted molar refractivity (Wildman–Crippen MR) is 62.6 cm³/mol. The van der Waals surface area contributed by atoms with Gasteiger partial charge in [-0.2, -0.15) is 0 Å². The van der Waals surface area contributed by atoms with Gasteiger partial charge in [-0.3, -0.25) is 4.79 Å². The van der Waals surface area contributed by atoms with Crippen molar-refractivity contribution >= 4 is 17.5 Å². The Labute approximate surface area is 99.4 Å². The SMILES string of the molecule is O=C(NC[C@H]1CCNC1)c1cccnc1Cl. The third kappa shape index (κ3) is 2.71. The highest BCUT2D eigenvalue weighted by Crippen LogP contribution is 2.12. The molecule has 1 aliphatic rings. The van der Waals surface area contributed by atoms with E-state index >= 15 is 0 Å². The van der Waals surface area contributed by atoms with E-state index in [1.807, 2.05) is 0 Å². The van der Waals surface area contributed by atoms with Crippen molar-refractivity contribution in [2.24, 2.45) is 5.92 Å². The molecule has 5 heteroatoms. The predicted octanol–water partition coefficient (Wildman–Crippen LogP) is 1.07. The van der Waals surface area contributed by atoms with Gasteiger partial charge in [-0.1, -0.05) is 11.6 Å². The van der Waals surface area contributed by atoms with Crippen LogP contribution in [-0.4, -0.2) is 30.5 Å². The highest BCUT2D eigenvalue weighted by atomic mass is 35.5. The molecule has 1 saturated heterocycles.